The van der Waals surface area contributed by atoms with Crippen LogP contribution in [-0.4, -0.2) is 27.6 Å². The van der Waals surface area contributed by atoms with Gasteiger partial charge < -0.3 is 14.0 Å². The average Bonchev–Trinajstić information content (AvgIpc) is 3.84. The van der Waals surface area contributed by atoms with Gasteiger partial charge in [0.25, 0.3) is 0 Å². The fraction of sp³-hybridized carbons (Fsp3) is 0.161. The molecule has 0 aliphatic heterocycles. The number of nitrogens with zero attached hydrogens (tertiary/aromatic N) is 4. The van der Waals surface area contributed by atoms with Crippen LogP contribution in [0.15, 0.2) is 138 Å². The number of halogens is 1. The number of fused-ring (bicyclic) bond motifs is 4. The third-order valence-electron chi connectivity index (χ3n) is 11.7. The first-order chi connectivity index (χ1) is 31.5. The molecule has 8 heteroatoms. The van der Waals surface area contributed by atoms with Crippen LogP contribution in [0.2, 0.25) is 19.6 Å². The number of benzene rings is 6. The van der Waals surface area contributed by atoms with E-state index in [1.54, 1.807) is 18.3 Å². The number of pyridine rings is 2. The number of imidazole rings is 1. The van der Waals surface area contributed by atoms with Crippen molar-refractivity contribution >= 4 is 46.4 Å². The largest absolute Gasteiger partial charge is 0.486 e. The van der Waals surface area contributed by atoms with Gasteiger partial charge in [-0.1, -0.05) is 126 Å². The topological polar surface area (TPSA) is 56.7 Å². The molecule has 0 atom stereocenters. The summed E-state index contributed by atoms with van der Waals surface area (Å²) >= 11 is 0. The Labute approximate surface area is 393 Å². The molecule has 0 N–H and O–H groups in total. The third-order valence-corrected chi connectivity index (χ3v) is 13.7. The minimum absolute atomic E-state index is 0. The first-order valence-corrected chi connectivity index (χ1v) is 24.6. The smallest absolute Gasteiger partial charge is 0.216 e. The second-order valence-electron chi connectivity index (χ2n) is 17.4. The Hall–Kier alpha value is -6.31. The summed E-state index contributed by atoms with van der Waals surface area (Å²) in [5.41, 5.74) is 16.3. The molecular formula is C56H49FIrN4OSi-2. The van der Waals surface area contributed by atoms with Crippen molar-refractivity contribution in [3.8, 4) is 50.6 Å². The maximum absolute atomic E-state index is 14.3. The fourth-order valence-corrected chi connectivity index (χ4v) is 10.1. The second-order valence-corrected chi connectivity index (χ2v) is 22.4. The molecule has 0 saturated carbocycles. The van der Waals surface area contributed by atoms with Gasteiger partial charge >= 0.3 is 0 Å². The van der Waals surface area contributed by atoms with Gasteiger partial charge in [0, 0.05) is 59.1 Å². The molecule has 4 aromatic heterocycles. The standard InChI is InChI=1S/C35H28N3O.C21H21FNSi.Ir/c1-20-16-23(4)31(24(5)17-20)25-18-28-26-12-9-13-27(33(26)39-35(28)36-19-25)34-37-29-14-6-7-15-30(29)38(34)32-21(2)10-8-11-22(32)3;1-15-12-20(23-14-21(15)24(2,3)4)17-10-11-19(22)18(13-17)16-8-6-5-7-9-16;/h6-12,14-19H,1-5H3;5-9,11-14H,1-4H3;/q2*-1;/i;1D3;. The van der Waals surface area contributed by atoms with E-state index in [1.807, 2.05) is 48.7 Å². The zero-order valence-corrected chi connectivity index (χ0v) is 40.5. The number of hydrogen-bond donors (Lipinski definition) is 0. The van der Waals surface area contributed by atoms with Gasteiger partial charge in [-0.25, -0.2) is 4.98 Å². The molecule has 10 rings (SSSR count). The zero-order chi connectivity index (χ0) is 46.7. The Bertz CT molecular complexity index is 3440. The quantitative estimate of drug-likeness (QED) is 0.123. The van der Waals surface area contributed by atoms with Crippen molar-refractivity contribution in [3.63, 3.8) is 0 Å². The van der Waals surface area contributed by atoms with Crippen LogP contribution in [0.25, 0.3) is 83.7 Å². The molecule has 0 spiro atoms. The van der Waals surface area contributed by atoms with E-state index in [4.69, 9.17) is 18.5 Å². The minimum Gasteiger partial charge on any atom is -0.486 e. The number of aromatic nitrogens is 4. The summed E-state index contributed by atoms with van der Waals surface area (Å²) in [5, 5.41) is 2.82. The van der Waals surface area contributed by atoms with Gasteiger partial charge in [0.2, 0.25) is 5.71 Å². The molecule has 64 heavy (non-hydrogen) atoms. The van der Waals surface area contributed by atoms with Gasteiger partial charge in [-0.15, -0.1) is 42.0 Å². The van der Waals surface area contributed by atoms with Crippen molar-refractivity contribution in [2.75, 3.05) is 0 Å². The molecule has 0 unspecified atom stereocenters. The van der Waals surface area contributed by atoms with E-state index in [2.05, 4.69) is 137 Å². The summed E-state index contributed by atoms with van der Waals surface area (Å²) in [7, 11) is -1.88. The van der Waals surface area contributed by atoms with Gasteiger partial charge in [-0.2, -0.15) is 0 Å². The molecule has 0 amide bonds. The van der Waals surface area contributed by atoms with Crippen molar-refractivity contribution in [1.82, 2.24) is 19.5 Å². The van der Waals surface area contributed by atoms with Crippen LogP contribution in [0, 0.1) is 59.4 Å². The summed E-state index contributed by atoms with van der Waals surface area (Å²) in [6, 6.07) is 45.5. The van der Waals surface area contributed by atoms with Crippen LogP contribution in [0.3, 0.4) is 0 Å². The molecule has 4 heterocycles. The Kier molecular flexibility index (Phi) is 11.2. The Balaban J connectivity index is 0.000000192. The van der Waals surface area contributed by atoms with Crippen molar-refractivity contribution in [1.29, 1.82) is 0 Å². The van der Waals surface area contributed by atoms with Crippen molar-refractivity contribution in [3.05, 3.63) is 185 Å². The SMILES string of the molecule is Cc1cc(C)c(-c2cnc3oc4c(-c5nc6ccccc6n5-c5c(C)cccc5C)[c-]ccc4c3c2)c(C)c1.[2H]C([2H])([2H])c1cc(-c2[c-]cc(F)c(-c3ccccc3)c2)ncc1[Si](C)(C)C.[Ir]. The van der Waals surface area contributed by atoms with Crippen LogP contribution in [0.1, 0.15) is 37.5 Å². The number of aryl methyl sites for hydroxylation is 6. The van der Waals surface area contributed by atoms with E-state index in [-0.39, 0.29) is 25.9 Å². The zero-order valence-electron chi connectivity index (χ0n) is 40.1. The predicted molar refractivity (Wildman–Crippen MR) is 261 cm³/mol. The third kappa shape index (κ3) is 8.30. The molecule has 0 fully saturated rings. The monoisotopic (exact) mass is 1040 g/mol. The number of rotatable bonds is 6. The Morgan fingerprint density at radius 3 is 2.14 bits per heavy atom. The average molecular weight is 1040 g/mol. The predicted octanol–water partition coefficient (Wildman–Crippen LogP) is 14.2. The molecule has 5 nitrogen and oxygen atoms in total. The molecule has 6 aromatic carbocycles. The Morgan fingerprint density at radius 1 is 0.703 bits per heavy atom. The molecule has 0 aliphatic carbocycles. The van der Waals surface area contributed by atoms with E-state index < -0.39 is 14.9 Å². The molecular weight excluding hydrogens is 984 g/mol. The van der Waals surface area contributed by atoms with Gasteiger partial charge in [0.15, 0.2) is 0 Å². The van der Waals surface area contributed by atoms with Gasteiger partial charge in [-0.3, -0.25) is 9.37 Å². The minimum atomic E-state index is -2.23. The van der Waals surface area contributed by atoms with E-state index >= 15 is 0 Å². The first-order valence-electron chi connectivity index (χ1n) is 22.6. The van der Waals surface area contributed by atoms with Gasteiger partial charge in [-0.05, 0) is 104 Å². The van der Waals surface area contributed by atoms with E-state index in [0.717, 1.165) is 60.8 Å². The number of hydrogen-bond acceptors (Lipinski definition) is 4. The molecule has 0 bridgehead atoms. The number of para-hydroxylation sites is 3. The molecule has 0 aliphatic rings. The van der Waals surface area contributed by atoms with Crippen LogP contribution >= 0.6 is 0 Å². The summed E-state index contributed by atoms with van der Waals surface area (Å²) in [6.07, 6.45) is 3.59. The van der Waals surface area contributed by atoms with E-state index in [9.17, 15) is 4.39 Å². The summed E-state index contributed by atoms with van der Waals surface area (Å²) in [4.78, 5) is 14.4. The molecule has 0 saturated heterocycles. The molecule has 1 radical (unpaired) electrons. The summed E-state index contributed by atoms with van der Waals surface area (Å²) in [6.45, 7) is 14.8. The Morgan fingerprint density at radius 2 is 1.42 bits per heavy atom. The van der Waals surface area contributed by atoms with Gasteiger partial charge in [0.05, 0.1) is 30.5 Å². The molecule has 321 valence electrons. The summed E-state index contributed by atoms with van der Waals surface area (Å²) in [5.74, 6) is 0.434. The van der Waals surface area contributed by atoms with E-state index in [1.165, 1.54) is 39.4 Å². The fourth-order valence-electron chi connectivity index (χ4n) is 8.80. The van der Waals surface area contributed by atoms with E-state index in [0.29, 0.717) is 28.1 Å². The first kappa shape index (κ1) is 40.5. The molecule has 10 aromatic rings. The second kappa shape index (κ2) is 17.7. The number of furan rings is 1. The van der Waals surface area contributed by atoms with Crippen molar-refractivity contribution in [2.24, 2.45) is 0 Å². The maximum atomic E-state index is 14.3. The van der Waals surface area contributed by atoms with Crippen LogP contribution in [0.4, 0.5) is 4.39 Å². The van der Waals surface area contributed by atoms with Crippen LogP contribution in [-0.2, 0) is 20.1 Å². The summed E-state index contributed by atoms with van der Waals surface area (Å²) < 4.78 is 46.8. The van der Waals surface area contributed by atoms with Crippen molar-refractivity contribution < 1.29 is 33.0 Å². The van der Waals surface area contributed by atoms with Crippen LogP contribution in [0.5, 0.6) is 0 Å². The van der Waals surface area contributed by atoms with Crippen LogP contribution < -0.4 is 5.19 Å². The van der Waals surface area contributed by atoms with Gasteiger partial charge in [0.1, 0.15) is 0 Å². The van der Waals surface area contributed by atoms with Crippen molar-refractivity contribution in [2.45, 2.75) is 61.1 Å². The normalized spacial score (nSPS) is 12.4. The maximum Gasteiger partial charge on any atom is 0.216 e.